The molecule has 0 aliphatic heterocycles. The Bertz CT molecular complexity index is 2560. The second-order valence-corrected chi connectivity index (χ2v) is 25.2. The van der Waals surface area contributed by atoms with Gasteiger partial charge < -0.3 is 102 Å². The van der Waals surface area contributed by atoms with Crippen LogP contribution in [0.4, 0.5) is 0 Å². The van der Waals surface area contributed by atoms with Crippen molar-refractivity contribution in [1.29, 1.82) is 0 Å². The molecule has 0 saturated heterocycles. The SMILES string of the molecule is CCC(=O)CCC(=O)CCC(=O)NCCOCCOCCOCCOCCC(=O)CC(CSC(CC(=O)NCCC(=O)NCCO)C(=O)O)C(N)=O.CCC(=O)CCC(=O)CCC(=O)NCCOCCOCCOCCOCCC(=O)CC(CSC(CC(=O)O)C(=O)NCCC(=O)NCCO)C(N)=O. The van der Waals surface area contributed by atoms with Crippen LogP contribution >= 0.6 is 23.5 Å². The molecule has 0 saturated carbocycles. The van der Waals surface area contributed by atoms with E-state index in [1.807, 2.05) is 0 Å². The Morgan fingerprint density at radius 1 is 0.317 bits per heavy atom. The van der Waals surface area contributed by atoms with Crippen LogP contribution in [0.2, 0.25) is 0 Å². The summed E-state index contributed by atoms with van der Waals surface area (Å²) >= 11 is 1.72. The Hall–Kier alpha value is -6.98. The maximum absolute atomic E-state index is 12.5. The van der Waals surface area contributed by atoms with Gasteiger partial charge in [-0.3, -0.25) is 76.7 Å². The van der Waals surface area contributed by atoms with Crippen molar-refractivity contribution in [2.45, 2.75) is 140 Å². The third-order valence-electron chi connectivity index (χ3n) is 14.1. The molecule has 4 unspecified atom stereocenters. The molecule has 36 nitrogen and oxygen atoms in total. The first-order valence-electron chi connectivity index (χ1n) is 34.6. The van der Waals surface area contributed by atoms with Gasteiger partial charge in [-0.25, -0.2) is 0 Å². The minimum atomic E-state index is -1.27. The number of nitrogens with two attached hydrogens (primary N) is 2. The number of primary amides is 2. The lowest BCUT2D eigenvalue weighted by Gasteiger charge is -2.18. The number of carbonyl (C=O) groups is 16. The molecule has 0 radical (unpaired) electrons. The average molecular weight is 1530 g/mol. The van der Waals surface area contributed by atoms with Gasteiger partial charge in [0.2, 0.25) is 47.3 Å². The molecule has 104 heavy (non-hydrogen) atoms. The second kappa shape index (κ2) is 67.9. The molecule has 0 aliphatic rings. The van der Waals surface area contributed by atoms with Gasteiger partial charge in [0.05, 0.1) is 142 Å². The van der Waals surface area contributed by atoms with E-state index in [1.165, 1.54) is 0 Å². The molecule has 0 aromatic carbocycles. The van der Waals surface area contributed by atoms with Gasteiger partial charge in [-0.1, -0.05) is 13.8 Å². The average Bonchev–Trinajstić information content (AvgIpc) is 0.910. The second-order valence-electron chi connectivity index (χ2n) is 22.7. The van der Waals surface area contributed by atoms with Crippen molar-refractivity contribution >= 4 is 117 Å². The summed E-state index contributed by atoms with van der Waals surface area (Å²) < 4.78 is 43.1. The highest BCUT2D eigenvalue weighted by Gasteiger charge is 2.29. The number of aliphatic hydroxyl groups excluding tert-OH is 2. The van der Waals surface area contributed by atoms with Gasteiger partial charge in [-0.15, -0.1) is 23.5 Å². The molecule has 0 bridgehead atoms. The van der Waals surface area contributed by atoms with Crippen molar-refractivity contribution in [3.63, 3.8) is 0 Å². The number of thioether (sulfide) groups is 2. The highest BCUT2D eigenvalue weighted by molar-refractivity contribution is 8.00. The van der Waals surface area contributed by atoms with Crippen molar-refractivity contribution in [2.75, 3.05) is 170 Å². The molecule has 0 aromatic heterocycles. The number of hydrogen-bond donors (Lipinski definition) is 12. The first kappa shape index (κ1) is 99.1. The molecular formula is C66H112N8O28S2. The van der Waals surface area contributed by atoms with Gasteiger partial charge in [-0.05, 0) is 0 Å². The van der Waals surface area contributed by atoms with Crippen LogP contribution in [0.5, 0.6) is 0 Å². The van der Waals surface area contributed by atoms with Crippen LogP contribution in [0.15, 0.2) is 0 Å². The molecule has 38 heteroatoms. The van der Waals surface area contributed by atoms with Gasteiger partial charge in [0.1, 0.15) is 39.9 Å². The lowest BCUT2D eigenvalue weighted by atomic mass is 10.0. The van der Waals surface area contributed by atoms with E-state index in [1.54, 1.807) is 13.8 Å². The van der Waals surface area contributed by atoms with Crippen molar-refractivity contribution in [1.82, 2.24) is 31.9 Å². The Morgan fingerprint density at radius 3 is 0.971 bits per heavy atom. The number of carboxylic acids is 2. The fourth-order valence-electron chi connectivity index (χ4n) is 8.11. The van der Waals surface area contributed by atoms with Crippen molar-refractivity contribution in [3.8, 4) is 0 Å². The molecule has 0 aliphatic carbocycles. The molecule has 0 heterocycles. The van der Waals surface area contributed by atoms with Gasteiger partial charge in [0, 0.05) is 160 Å². The van der Waals surface area contributed by atoms with Crippen LogP contribution in [0, 0.1) is 11.8 Å². The summed E-state index contributed by atoms with van der Waals surface area (Å²) in [5, 5.41) is 48.9. The lowest BCUT2D eigenvalue weighted by Crippen LogP contribution is -2.38. The summed E-state index contributed by atoms with van der Waals surface area (Å²) in [7, 11) is 0. The number of ketones is 6. The summed E-state index contributed by atoms with van der Waals surface area (Å²) in [5.74, 6) is -9.29. The van der Waals surface area contributed by atoms with E-state index in [2.05, 4.69) is 31.9 Å². The molecule has 4 atom stereocenters. The summed E-state index contributed by atoms with van der Waals surface area (Å²) in [6.45, 7) is 7.99. The number of hydrogen-bond acceptors (Lipinski definition) is 28. The predicted octanol–water partition coefficient (Wildman–Crippen LogP) is -2.16. The number of rotatable bonds is 72. The number of carboxylic acid groups (broad SMARTS) is 2. The highest BCUT2D eigenvalue weighted by Crippen LogP contribution is 2.23. The summed E-state index contributed by atoms with van der Waals surface area (Å²) in [6.07, 6.45) is 0.516. The minimum absolute atomic E-state index is 0.0137. The number of ether oxygens (including phenoxy) is 8. The van der Waals surface area contributed by atoms with Crippen LogP contribution < -0.4 is 43.4 Å². The molecule has 596 valence electrons. The number of carbonyl (C=O) groups excluding carboxylic acids is 14. The molecule has 0 aromatic rings. The summed E-state index contributed by atoms with van der Waals surface area (Å²) in [6, 6.07) is 0. The van der Waals surface area contributed by atoms with E-state index in [4.69, 9.17) is 59.6 Å². The van der Waals surface area contributed by atoms with E-state index in [0.29, 0.717) is 78.8 Å². The zero-order valence-electron chi connectivity index (χ0n) is 60.0. The van der Waals surface area contributed by atoms with Crippen LogP contribution in [0.1, 0.15) is 129 Å². The number of Topliss-reactive ketones (excluding diaryl/α,β-unsaturated/α-hetero) is 6. The van der Waals surface area contributed by atoms with Gasteiger partial charge in [-0.2, -0.15) is 0 Å². The third-order valence-corrected chi connectivity index (χ3v) is 16.8. The van der Waals surface area contributed by atoms with Crippen LogP contribution in [-0.4, -0.2) is 295 Å². The monoisotopic (exact) mass is 1530 g/mol. The standard InChI is InChI=1S/2C33H56N4O14S/c1-2-25(39)3-4-26(40)5-6-29(42)36-11-14-49-16-18-51-20-19-50-17-15-48-13-8-27(41)21-24(32(34)46)23-52-28(22-31(44)45)33(47)37-9-7-30(43)35-10-12-38;1-2-25(39)3-4-26(40)5-6-29(42)37-11-14-49-16-18-51-20-19-50-17-15-48-13-8-27(41)21-24(32(34)45)23-52-28(33(46)47)22-31(44)35-9-7-30(43)36-10-12-38/h24,28,38H,2-23H2,1H3,(H2,34,46)(H,35,43)(H,36,42)(H,37,47)(H,44,45);24,28,38H,2-23H2,1H3,(H2,34,45)(H,35,44)(H,36,43)(H,37,42)(H,46,47). The smallest absolute Gasteiger partial charge is 0.317 e. The molecular weight excluding hydrogens is 1420 g/mol. The summed E-state index contributed by atoms with van der Waals surface area (Å²) in [5.41, 5.74) is 10.9. The molecule has 14 N–H and O–H groups in total. The third kappa shape index (κ3) is 63.5. The Morgan fingerprint density at radius 2 is 0.625 bits per heavy atom. The van der Waals surface area contributed by atoms with E-state index in [0.717, 1.165) is 23.5 Å². The van der Waals surface area contributed by atoms with E-state index in [9.17, 15) is 86.9 Å². The first-order chi connectivity index (χ1) is 49.8. The molecule has 0 fully saturated rings. The quantitative estimate of drug-likeness (QED) is 0.0289. The zero-order valence-corrected chi connectivity index (χ0v) is 61.6. The van der Waals surface area contributed by atoms with Gasteiger partial charge in [0.25, 0.3) is 0 Å². The van der Waals surface area contributed by atoms with Crippen LogP contribution in [0.3, 0.4) is 0 Å². The number of amides is 8. The topological polar surface area (TPSA) is 552 Å². The van der Waals surface area contributed by atoms with Crippen molar-refractivity contribution < 1.29 is 135 Å². The zero-order chi connectivity index (χ0) is 78.0. The predicted molar refractivity (Wildman–Crippen MR) is 376 cm³/mol. The van der Waals surface area contributed by atoms with Gasteiger partial charge >= 0.3 is 11.9 Å². The number of aliphatic carboxylic acids is 2. The lowest BCUT2D eigenvalue weighted by molar-refractivity contribution is -0.138. The maximum Gasteiger partial charge on any atom is 0.317 e. The molecule has 0 spiro atoms. The highest BCUT2D eigenvalue weighted by atomic mass is 32.2. The maximum atomic E-state index is 12.5. The Kier molecular flexibility index (Phi) is 64.7. The van der Waals surface area contributed by atoms with E-state index < -0.39 is 76.7 Å². The van der Waals surface area contributed by atoms with Crippen LogP contribution in [-0.2, 0) is 115 Å². The largest absolute Gasteiger partial charge is 0.481 e. The van der Waals surface area contributed by atoms with E-state index >= 15 is 0 Å². The minimum Gasteiger partial charge on any atom is -0.481 e. The van der Waals surface area contributed by atoms with Crippen LogP contribution in [0.25, 0.3) is 0 Å². The normalized spacial score (nSPS) is 12.0. The van der Waals surface area contributed by atoms with Crippen molar-refractivity contribution in [2.24, 2.45) is 23.3 Å². The fourth-order valence-corrected chi connectivity index (χ4v) is 10.5. The first-order valence-corrected chi connectivity index (χ1v) is 36.7. The summed E-state index contributed by atoms with van der Waals surface area (Å²) in [4.78, 5) is 189. The fraction of sp³-hybridized carbons (Fsp3) is 0.758. The Labute approximate surface area is 614 Å². The van der Waals surface area contributed by atoms with Gasteiger partial charge in [0.15, 0.2) is 0 Å². The molecule has 0 rings (SSSR count). The van der Waals surface area contributed by atoms with Crippen molar-refractivity contribution in [3.05, 3.63) is 0 Å². The van der Waals surface area contributed by atoms with E-state index in [-0.39, 0.29) is 246 Å². The number of aliphatic hydroxyl groups is 2. The Balaban J connectivity index is 0. The molecule has 8 amide bonds. The number of nitrogens with one attached hydrogen (secondary N) is 6.